The summed E-state index contributed by atoms with van der Waals surface area (Å²) in [4.78, 5) is 12.0. The number of rotatable bonds is 12. The van der Waals surface area contributed by atoms with Gasteiger partial charge in [0.2, 0.25) is 0 Å². The maximum absolute atomic E-state index is 12.0. The topological polar surface area (TPSA) is 90.9 Å². The van der Waals surface area contributed by atoms with E-state index in [1.807, 2.05) is 43.3 Å². The molecule has 0 radical (unpaired) electrons. The lowest BCUT2D eigenvalue weighted by Crippen LogP contribution is -2.28. The first-order chi connectivity index (χ1) is 14.8. The Labute approximate surface area is 184 Å². The van der Waals surface area contributed by atoms with E-state index in [1.54, 1.807) is 31.2 Å². The van der Waals surface area contributed by atoms with E-state index in [-0.39, 0.29) is 11.7 Å². The minimum atomic E-state index is -3.52. The summed E-state index contributed by atoms with van der Waals surface area (Å²) in [5.74, 6) is -0.0556. The number of ether oxygens (including phenoxy) is 2. The van der Waals surface area contributed by atoms with Crippen LogP contribution in [0.5, 0.6) is 5.75 Å². The molecule has 0 aromatic heterocycles. The highest BCUT2D eigenvalue weighted by atomic mass is 32.2. The third-order valence-corrected chi connectivity index (χ3v) is 4.65. The zero-order valence-corrected chi connectivity index (χ0v) is 18.9. The summed E-state index contributed by atoms with van der Waals surface area (Å²) in [5.41, 5.74) is 2.87. The molecular formula is C23H29NO6S. The van der Waals surface area contributed by atoms with Crippen LogP contribution in [0.2, 0.25) is 0 Å². The van der Waals surface area contributed by atoms with E-state index in [0.29, 0.717) is 26.2 Å². The molecule has 0 fully saturated rings. The van der Waals surface area contributed by atoms with Gasteiger partial charge in [0, 0.05) is 25.3 Å². The van der Waals surface area contributed by atoms with Crippen LogP contribution in [0.3, 0.4) is 0 Å². The second-order valence-corrected chi connectivity index (χ2v) is 8.31. The molecule has 7 nitrogen and oxygen atoms in total. The maximum Gasteiger partial charge on any atom is 0.335 e. The molecule has 0 amide bonds. The van der Waals surface area contributed by atoms with Crippen LogP contribution in [0, 0.1) is 0 Å². The van der Waals surface area contributed by atoms with Crippen LogP contribution in [0.15, 0.2) is 54.6 Å². The van der Waals surface area contributed by atoms with E-state index in [4.69, 9.17) is 13.7 Å². The number of benzene rings is 2. The van der Waals surface area contributed by atoms with E-state index in [0.717, 1.165) is 23.1 Å². The lowest BCUT2D eigenvalue weighted by molar-refractivity contribution is -0.156. The van der Waals surface area contributed by atoms with Crippen LogP contribution in [-0.2, 0) is 30.8 Å². The van der Waals surface area contributed by atoms with E-state index in [2.05, 4.69) is 5.32 Å². The highest BCUT2D eigenvalue weighted by Crippen LogP contribution is 2.16. The number of hydrogen-bond acceptors (Lipinski definition) is 7. The van der Waals surface area contributed by atoms with Gasteiger partial charge < -0.3 is 19.0 Å². The Morgan fingerprint density at radius 3 is 2.29 bits per heavy atom. The van der Waals surface area contributed by atoms with Crippen molar-refractivity contribution in [2.24, 2.45) is 0 Å². The van der Waals surface area contributed by atoms with Crippen molar-refractivity contribution in [2.45, 2.75) is 26.4 Å². The zero-order chi connectivity index (χ0) is 22.7. The minimum absolute atomic E-state index is 0.285. The second kappa shape index (κ2) is 12.1. The third-order valence-electron chi connectivity index (χ3n) is 4.15. The monoisotopic (exact) mass is 447 g/mol. The van der Waals surface area contributed by atoms with Crippen LogP contribution < -0.4 is 9.50 Å². The summed E-state index contributed by atoms with van der Waals surface area (Å²) < 4.78 is 37.6. The molecule has 0 heterocycles. The largest absolute Gasteiger partial charge is 0.464 e. The molecule has 2 aromatic carbocycles. The lowest BCUT2D eigenvalue weighted by Gasteiger charge is -2.15. The number of esters is 1. The average Bonchev–Trinajstić information content (AvgIpc) is 2.72. The Morgan fingerprint density at radius 1 is 1.03 bits per heavy atom. The standard InChI is InChI=1S/C23H29NO6S/c1-4-28-22(23(25)29-5-2)17-19-8-12-20(13-9-19)24-16-6-7-18-10-14-21(15-11-18)30-31(3,26)27/h6-15,22,24H,4-5,16-17H2,1-3H3/t22-/m1/s1. The van der Waals surface area contributed by atoms with E-state index >= 15 is 0 Å². The van der Waals surface area contributed by atoms with Crippen molar-refractivity contribution in [1.82, 2.24) is 0 Å². The van der Waals surface area contributed by atoms with Gasteiger partial charge in [-0.15, -0.1) is 0 Å². The Bertz CT molecular complexity index is 953. The molecule has 0 spiro atoms. The van der Waals surface area contributed by atoms with E-state index in [9.17, 15) is 13.2 Å². The fourth-order valence-corrected chi connectivity index (χ4v) is 3.26. The van der Waals surface area contributed by atoms with E-state index in [1.165, 1.54) is 0 Å². The highest BCUT2D eigenvalue weighted by molar-refractivity contribution is 7.86. The van der Waals surface area contributed by atoms with Gasteiger partial charge in [0.05, 0.1) is 12.9 Å². The predicted molar refractivity (Wildman–Crippen MR) is 122 cm³/mol. The number of carbonyl (C=O) groups excluding carboxylic acids is 1. The van der Waals surface area contributed by atoms with Gasteiger partial charge in [-0.1, -0.05) is 36.4 Å². The van der Waals surface area contributed by atoms with Crippen LogP contribution in [0.4, 0.5) is 5.69 Å². The molecule has 1 N–H and O–H groups in total. The number of nitrogens with one attached hydrogen (secondary N) is 1. The molecule has 0 saturated carbocycles. The quantitative estimate of drug-likeness (QED) is 0.392. The first-order valence-corrected chi connectivity index (χ1v) is 11.9. The van der Waals surface area contributed by atoms with Gasteiger partial charge in [0.25, 0.3) is 0 Å². The van der Waals surface area contributed by atoms with Gasteiger partial charge in [-0.2, -0.15) is 8.42 Å². The average molecular weight is 448 g/mol. The van der Waals surface area contributed by atoms with Crippen LogP contribution >= 0.6 is 0 Å². The van der Waals surface area contributed by atoms with Crippen molar-refractivity contribution in [1.29, 1.82) is 0 Å². The zero-order valence-electron chi connectivity index (χ0n) is 18.0. The Morgan fingerprint density at radius 2 is 1.71 bits per heavy atom. The van der Waals surface area contributed by atoms with E-state index < -0.39 is 16.2 Å². The summed E-state index contributed by atoms with van der Waals surface area (Å²) in [6, 6.07) is 14.6. The minimum Gasteiger partial charge on any atom is -0.464 e. The molecule has 0 aliphatic carbocycles. The number of anilines is 1. The Balaban J connectivity index is 1.84. The van der Waals surface area contributed by atoms with Gasteiger partial charge in [-0.25, -0.2) is 4.79 Å². The fourth-order valence-electron chi connectivity index (χ4n) is 2.80. The second-order valence-electron chi connectivity index (χ2n) is 6.74. The smallest absolute Gasteiger partial charge is 0.335 e. The van der Waals surface area contributed by atoms with Crippen LogP contribution in [-0.4, -0.2) is 46.5 Å². The summed E-state index contributed by atoms with van der Waals surface area (Å²) in [6.45, 7) is 5.02. The molecule has 0 aliphatic rings. The molecule has 1 atom stereocenters. The van der Waals surface area contributed by atoms with Crippen molar-refractivity contribution >= 4 is 27.9 Å². The highest BCUT2D eigenvalue weighted by Gasteiger charge is 2.20. The van der Waals surface area contributed by atoms with Crippen molar-refractivity contribution < 1.29 is 26.9 Å². The molecular weight excluding hydrogens is 418 g/mol. The SMILES string of the molecule is CCOC(=O)[C@@H](Cc1ccc(NCC=Cc2ccc(OS(C)(=O)=O)cc2)cc1)OCC. The summed E-state index contributed by atoms with van der Waals surface area (Å²) in [7, 11) is -3.52. The van der Waals surface area contributed by atoms with Gasteiger partial charge in [0.15, 0.2) is 6.10 Å². The molecule has 168 valence electrons. The normalized spacial score (nSPS) is 12.5. The molecule has 8 heteroatoms. The molecule has 0 aliphatic heterocycles. The Kier molecular flexibility index (Phi) is 9.55. The fraction of sp³-hybridized carbons (Fsp3) is 0.348. The molecule has 2 aromatic rings. The summed E-state index contributed by atoms with van der Waals surface area (Å²) in [6.07, 6.45) is 4.77. The van der Waals surface area contributed by atoms with Gasteiger partial charge >= 0.3 is 16.1 Å². The lowest BCUT2D eigenvalue weighted by atomic mass is 10.1. The summed E-state index contributed by atoms with van der Waals surface area (Å²) >= 11 is 0. The van der Waals surface area contributed by atoms with Crippen LogP contribution in [0.25, 0.3) is 6.08 Å². The van der Waals surface area contributed by atoms with Gasteiger partial charge in [-0.05, 0) is 49.2 Å². The van der Waals surface area contributed by atoms with Crippen molar-refractivity contribution in [3.05, 3.63) is 65.7 Å². The Hall–Kier alpha value is -2.84. The van der Waals surface area contributed by atoms with Crippen LogP contribution in [0.1, 0.15) is 25.0 Å². The third kappa shape index (κ3) is 9.23. The van der Waals surface area contributed by atoms with Gasteiger partial charge in [0.1, 0.15) is 5.75 Å². The first kappa shape index (κ1) is 24.4. The van der Waals surface area contributed by atoms with Crippen molar-refractivity contribution in [2.75, 3.05) is 31.3 Å². The maximum atomic E-state index is 12.0. The molecule has 31 heavy (non-hydrogen) atoms. The predicted octanol–water partition coefficient (Wildman–Crippen LogP) is 3.66. The van der Waals surface area contributed by atoms with Crippen molar-refractivity contribution in [3.8, 4) is 5.75 Å². The number of carbonyl (C=O) groups is 1. The molecule has 2 rings (SSSR count). The van der Waals surface area contributed by atoms with Gasteiger partial charge in [-0.3, -0.25) is 0 Å². The first-order valence-electron chi connectivity index (χ1n) is 10.1. The number of hydrogen-bond donors (Lipinski definition) is 1. The van der Waals surface area contributed by atoms with Crippen molar-refractivity contribution in [3.63, 3.8) is 0 Å². The molecule has 0 bridgehead atoms. The molecule has 0 unspecified atom stereocenters. The molecule has 0 saturated heterocycles. The summed E-state index contributed by atoms with van der Waals surface area (Å²) in [5, 5.41) is 3.29.